The van der Waals surface area contributed by atoms with Crippen LogP contribution in [0.3, 0.4) is 0 Å². The molecule has 2 aromatic heterocycles. The molecule has 0 aliphatic heterocycles. The third-order valence-electron chi connectivity index (χ3n) is 3.85. The Hall–Kier alpha value is -2.12. The second-order valence-corrected chi connectivity index (χ2v) is 9.36. The molecular weight excluding hydrogens is 520 g/mol. The second-order valence-electron chi connectivity index (χ2n) is 5.65. The van der Waals surface area contributed by atoms with Crippen molar-refractivity contribution in [2.75, 3.05) is 17.1 Å². The zero-order valence-corrected chi connectivity index (χ0v) is 18.5. The molecule has 0 bridgehead atoms. The van der Waals surface area contributed by atoms with Gasteiger partial charge in [0.1, 0.15) is 17.3 Å². The SMILES string of the molecule is COc1cc(=O)n(C)c(Nc2ccc(I)cc2F)c1NS(=O)(=O)c1ccsc1. The number of halogens is 2. The van der Waals surface area contributed by atoms with E-state index in [1.807, 2.05) is 22.6 Å². The van der Waals surface area contributed by atoms with E-state index in [9.17, 15) is 17.6 Å². The number of anilines is 3. The number of nitrogens with one attached hydrogen (secondary N) is 2. The molecule has 1 aromatic carbocycles. The van der Waals surface area contributed by atoms with E-state index in [2.05, 4.69) is 10.0 Å². The largest absolute Gasteiger partial charge is 0.494 e. The van der Waals surface area contributed by atoms with Gasteiger partial charge < -0.3 is 10.1 Å². The number of rotatable bonds is 6. The van der Waals surface area contributed by atoms with Crippen LogP contribution in [0.5, 0.6) is 5.75 Å². The minimum absolute atomic E-state index is 0.00579. The molecule has 0 aliphatic carbocycles. The lowest BCUT2D eigenvalue weighted by atomic mass is 10.3. The molecule has 0 amide bonds. The zero-order chi connectivity index (χ0) is 20.5. The van der Waals surface area contributed by atoms with Gasteiger partial charge in [0.15, 0.2) is 5.75 Å². The molecule has 2 N–H and O–H groups in total. The van der Waals surface area contributed by atoms with E-state index in [1.54, 1.807) is 11.4 Å². The van der Waals surface area contributed by atoms with E-state index >= 15 is 0 Å². The summed E-state index contributed by atoms with van der Waals surface area (Å²) in [5, 5.41) is 5.91. The van der Waals surface area contributed by atoms with E-state index in [-0.39, 0.29) is 27.8 Å². The summed E-state index contributed by atoms with van der Waals surface area (Å²) in [6.07, 6.45) is 0. The highest BCUT2D eigenvalue weighted by molar-refractivity contribution is 14.1. The molecule has 2 heterocycles. The summed E-state index contributed by atoms with van der Waals surface area (Å²) in [4.78, 5) is 12.3. The Morgan fingerprint density at radius 1 is 1.25 bits per heavy atom. The fourth-order valence-corrected chi connectivity index (χ4v) is 4.96. The lowest BCUT2D eigenvalue weighted by molar-refractivity contribution is 0.415. The van der Waals surface area contributed by atoms with Crippen molar-refractivity contribution in [1.82, 2.24) is 4.57 Å². The number of benzene rings is 1. The van der Waals surface area contributed by atoms with Crippen LogP contribution >= 0.6 is 33.9 Å². The van der Waals surface area contributed by atoms with E-state index in [0.717, 1.165) is 6.07 Å². The Morgan fingerprint density at radius 2 is 2.00 bits per heavy atom. The molecule has 3 rings (SSSR count). The predicted molar refractivity (Wildman–Crippen MR) is 116 cm³/mol. The minimum atomic E-state index is -3.93. The van der Waals surface area contributed by atoms with E-state index in [4.69, 9.17) is 4.74 Å². The van der Waals surface area contributed by atoms with Gasteiger partial charge in [0.25, 0.3) is 15.6 Å². The van der Waals surface area contributed by atoms with Gasteiger partial charge in [-0.15, -0.1) is 0 Å². The molecule has 148 valence electrons. The second kappa shape index (κ2) is 8.09. The number of ether oxygens (including phenoxy) is 1. The number of nitrogens with zero attached hydrogens (tertiary/aromatic N) is 1. The number of thiophene rings is 1. The van der Waals surface area contributed by atoms with Crippen LogP contribution in [0.15, 0.2) is 50.8 Å². The molecule has 7 nitrogen and oxygen atoms in total. The fraction of sp³-hybridized carbons (Fsp3) is 0.118. The van der Waals surface area contributed by atoms with Gasteiger partial charge in [0, 0.05) is 22.1 Å². The molecule has 28 heavy (non-hydrogen) atoms. The highest BCUT2D eigenvalue weighted by Crippen LogP contribution is 2.35. The smallest absolute Gasteiger partial charge is 0.262 e. The van der Waals surface area contributed by atoms with Crippen LogP contribution in [0.25, 0.3) is 0 Å². The maximum atomic E-state index is 14.3. The van der Waals surface area contributed by atoms with Crippen molar-refractivity contribution in [2.45, 2.75) is 4.90 Å². The molecule has 0 saturated carbocycles. The molecule has 0 spiro atoms. The Balaban J connectivity index is 2.15. The van der Waals surface area contributed by atoms with Crippen molar-refractivity contribution in [3.8, 4) is 5.75 Å². The van der Waals surface area contributed by atoms with E-state index < -0.39 is 21.4 Å². The van der Waals surface area contributed by atoms with Crippen molar-refractivity contribution in [3.63, 3.8) is 0 Å². The number of pyridine rings is 1. The Morgan fingerprint density at radius 3 is 2.61 bits per heavy atom. The first-order chi connectivity index (χ1) is 13.2. The summed E-state index contributed by atoms with van der Waals surface area (Å²) in [7, 11) is -1.18. The van der Waals surface area contributed by atoms with Gasteiger partial charge in [0.05, 0.1) is 17.7 Å². The zero-order valence-electron chi connectivity index (χ0n) is 14.7. The van der Waals surface area contributed by atoms with Gasteiger partial charge in [-0.2, -0.15) is 11.3 Å². The quantitative estimate of drug-likeness (QED) is 0.470. The van der Waals surface area contributed by atoms with Crippen molar-refractivity contribution >= 4 is 61.1 Å². The topological polar surface area (TPSA) is 89.4 Å². The minimum Gasteiger partial charge on any atom is -0.494 e. The highest BCUT2D eigenvalue weighted by atomic mass is 127. The van der Waals surface area contributed by atoms with Gasteiger partial charge in [-0.05, 0) is 52.2 Å². The summed E-state index contributed by atoms with van der Waals surface area (Å²) in [5.74, 6) is -0.493. The molecule has 0 fully saturated rings. The first-order valence-corrected chi connectivity index (χ1v) is 11.3. The molecule has 0 saturated heterocycles. The van der Waals surface area contributed by atoms with Gasteiger partial charge >= 0.3 is 0 Å². The first kappa shape index (κ1) is 20.6. The van der Waals surface area contributed by atoms with Crippen molar-refractivity contribution < 1.29 is 17.5 Å². The van der Waals surface area contributed by atoms with Crippen LogP contribution in [0.4, 0.5) is 21.6 Å². The summed E-state index contributed by atoms with van der Waals surface area (Å²) >= 11 is 3.20. The van der Waals surface area contributed by atoms with Crippen LogP contribution in [0.2, 0.25) is 0 Å². The standard InChI is InChI=1S/C17H15FIN3O4S2/c1-22-15(23)8-14(26-2)16(21-28(24,25)11-5-6-27-9-11)17(22)20-13-4-3-10(19)7-12(13)18/h3-9,20-21H,1-2H3. The summed E-state index contributed by atoms with van der Waals surface area (Å²) < 4.78 is 49.2. The van der Waals surface area contributed by atoms with E-state index in [1.165, 1.54) is 53.6 Å². The van der Waals surface area contributed by atoms with Crippen LogP contribution in [-0.2, 0) is 17.1 Å². The van der Waals surface area contributed by atoms with E-state index in [0.29, 0.717) is 3.57 Å². The number of hydrogen-bond donors (Lipinski definition) is 2. The lowest BCUT2D eigenvalue weighted by Gasteiger charge is -2.19. The fourth-order valence-electron chi connectivity index (χ4n) is 2.40. The summed E-state index contributed by atoms with van der Waals surface area (Å²) in [6, 6.07) is 7.10. The van der Waals surface area contributed by atoms with Gasteiger partial charge in [-0.1, -0.05) is 0 Å². The number of methoxy groups -OCH3 is 1. The van der Waals surface area contributed by atoms with Gasteiger partial charge in [0.2, 0.25) is 0 Å². The maximum Gasteiger partial charge on any atom is 0.262 e. The molecule has 0 unspecified atom stereocenters. The van der Waals surface area contributed by atoms with Gasteiger partial charge in [-0.3, -0.25) is 14.1 Å². The normalized spacial score (nSPS) is 11.3. The molecular formula is C17H15FIN3O4S2. The molecule has 0 atom stereocenters. The average Bonchev–Trinajstić information content (AvgIpc) is 3.18. The maximum absolute atomic E-state index is 14.3. The van der Waals surface area contributed by atoms with Crippen molar-refractivity contribution in [2.24, 2.45) is 7.05 Å². The van der Waals surface area contributed by atoms with Gasteiger partial charge in [-0.25, -0.2) is 12.8 Å². The van der Waals surface area contributed by atoms with Crippen LogP contribution in [0.1, 0.15) is 0 Å². The number of aromatic nitrogens is 1. The first-order valence-electron chi connectivity index (χ1n) is 7.78. The molecule has 0 aliphatic rings. The molecule has 0 radical (unpaired) electrons. The predicted octanol–water partition coefficient (Wildman–Crippen LogP) is 3.74. The highest BCUT2D eigenvalue weighted by Gasteiger charge is 2.23. The Kier molecular flexibility index (Phi) is 5.95. The Bertz CT molecular complexity index is 1180. The van der Waals surface area contributed by atoms with Crippen LogP contribution in [-0.4, -0.2) is 20.1 Å². The molecule has 3 aromatic rings. The Labute approximate surface area is 178 Å². The molecule has 11 heteroatoms. The van der Waals surface area contributed by atoms with Crippen LogP contribution < -0.4 is 20.3 Å². The number of sulfonamides is 1. The average molecular weight is 535 g/mol. The third kappa shape index (κ3) is 4.15. The summed E-state index contributed by atoms with van der Waals surface area (Å²) in [6.45, 7) is 0. The third-order valence-corrected chi connectivity index (χ3v) is 6.70. The lowest BCUT2D eigenvalue weighted by Crippen LogP contribution is -2.23. The monoisotopic (exact) mass is 535 g/mol. The van der Waals surface area contributed by atoms with Crippen molar-refractivity contribution in [3.05, 3.63) is 60.8 Å². The van der Waals surface area contributed by atoms with Crippen molar-refractivity contribution in [1.29, 1.82) is 0 Å². The summed E-state index contributed by atoms with van der Waals surface area (Å²) in [5.41, 5.74) is -0.378. The van der Waals surface area contributed by atoms with Crippen LogP contribution in [0, 0.1) is 9.39 Å². The number of hydrogen-bond acceptors (Lipinski definition) is 6.